The number of hydrogen-bond acceptors (Lipinski definition) is 1. The lowest BCUT2D eigenvalue weighted by Gasteiger charge is -2.29. The van der Waals surface area contributed by atoms with E-state index in [2.05, 4.69) is 22.6 Å². The zero-order valence-electron chi connectivity index (χ0n) is 10.5. The molecule has 0 aliphatic carbocycles. The molecule has 19 heavy (non-hydrogen) atoms. The number of hydrogen-bond donors (Lipinski definition) is 0. The standard InChI is InChI=1S/C14H16Cl2INO/c15-9-11-4-2-1-3-7-18(11)14(19)12-8-10(16)5-6-13(12)17/h5-6,8,11H,1-4,7,9H2. The maximum Gasteiger partial charge on any atom is 0.255 e. The molecule has 1 atom stereocenters. The minimum Gasteiger partial charge on any atom is -0.334 e. The second-order valence-corrected chi connectivity index (χ2v) is 6.69. The predicted octanol–water partition coefficient (Wildman–Crippen LogP) is 4.57. The summed E-state index contributed by atoms with van der Waals surface area (Å²) in [6, 6.07) is 5.58. The van der Waals surface area contributed by atoms with E-state index in [1.54, 1.807) is 6.07 Å². The minimum atomic E-state index is 0.0550. The normalized spacial score (nSPS) is 20.2. The first-order valence-electron chi connectivity index (χ1n) is 6.45. The summed E-state index contributed by atoms with van der Waals surface area (Å²) in [5, 5.41) is 0.598. The molecule has 1 amide bonds. The van der Waals surface area contributed by atoms with Gasteiger partial charge in [-0.3, -0.25) is 4.79 Å². The summed E-state index contributed by atoms with van der Waals surface area (Å²) in [7, 11) is 0. The number of amides is 1. The Morgan fingerprint density at radius 2 is 2.16 bits per heavy atom. The van der Waals surface area contributed by atoms with E-state index in [-0.39, 0.29) is 11.9 Å². The van der Waals surface area contributed by atoms with Gasteiger partial charge in [0.2, 0.25) is 0 Å². The van der Waals surface area contributed by atoms with Gasteiger partial charge in [0.1, 0.15) is 0 Å². The molecule has 104 valence electrons. The smallest absolute Gasteiger partial charge is 0.255 e. The number of carbonyl (C=O) groups excluding carboxylic acids is 1. The number of likely N-dealkylation sites (tertiary alicyclic amines) is 1. The molecule has 1 saturated heterocycles. The van der Waals surface area contributed by atoms with Gasteiger partial charge in [-0.15, -0.1) is 11.6 Å². The zero-order valence-corrected chi connectivity index (χ0v) is 14.2. The molecule has 0 aromatic heterocycles. The van der Waals surface area contributed by atoms with Gasteiger partial charge in [-0.05, 0) is 53.6 Å². The van der Waals surface area contributed by atoms with Crippen LogP contribution in [0.5, 0.6) is 0 Å². The molecule has 5 heteroatoms. The van der Waals surface area contributed by atoms with E-state index in [4.69, 9.17) is 23.2 Å². The van der Waals surface area contributed by atoms with Crippen molar-refractivity contribution in [1.82, 2.24) is 4.90 Å². The summed E-state index contributed by atoms with van der Waals surface area (Å²) < 4.78 is 0.935. The van der Waals surface area contributed by atoms with Crippen molar-refractivity contribution in [1.29, 1.82) is 0 Å². The van der Waals surface area contributed by atoms with Gasteiger partial charge in [-0.25, -0.2) is 0 Å². The van der Waals surface area contributed by atoms with E-state index < -0.39 is 0 Å². The average Bonchev–Trinajstić information content (AvgIpc) is 2.65. The van der Waals surface area contributed by atoms with Gasteiger partial charge in [-0.1, -0.05) is 24.4 Å². The van der Waals surface area contributed by atoms with Gasteiger partial charge in [0.05, 0.1) is 5.56 Å². The van der Waals surface area contributed by atoms with Crippen LogP contribution in [0.2, 0.25) is 5.02 Å². The Hall–Kier alpha value is -0.000000000000000111. The molecule has 0 saturated carbocycles. The number of halogens is 3. The van der Waals surface area contributed by atoms with Gasteiger partial charge in [0.25, 0.3) is 5.91 Å². The summed E-state index contributed by atoms with van der Waals surface area (Å²) in [5.74, 6) is 0.558. The van der Waals surface area contributed by atoms with Crippen LogP contribution in [-0.2, 0) is 0 Å². The molecule has 1 aromatic rings. The van der Waals surface area contributed by atoms with Crippen molar-refractivity contribution in [3.05, 3.63) is 32.4 Å². The molecule has 1 aromatic carbocycles. The first-order valence-corrected chi connectivity index (χ1v) is 8.44. The van der Waals surface area contributed by atoms with Crippen molar-refractivity contribution in [3.63, 3.8) is 0 Å². The Morgan fingerprint density at radius 1 is 1.37 bits per heavy atom. The lowest BCUT2D eigenvalue weighted by atomic mass is 10.1. The van der Waals surface area contributed by atoms with Gasteiger partial charge in [0.15, 0.2) is 0 Å². The van der Waals surface area contributed by atoms with Crippen LogP contribution in [0.4, 0.5) is 0 Å². The fraction of sp³-hybridized carbons (Fsp3) is 0.500. The van der Waals surface area contributed by atoms with Crippen LogP contribution in [0.25, 0.3) is 0 Å². The average molecular weight is 412 g/mol. The SMILES string of the molecule is O=C(c1cc(Cl)ccc1I)N1CCCCCC1CCl. The maximum absolute atomic E-state index is 12.7. The largest absolute Gasteiger partial charge is 0.334 e. The van der Waals surface area contributed by atoms with Crippen molar-refractivity contribution >= 4 is 51.7 Å². The van der Waals surface area contributed by atoms with Crippen LogP contribution in [0, 0.1) is 3.57 Å². The lowest BCUT2D eigenvalue weighted by Crippen LogP contribution is -2.41. The van der Waals surface area contributed by atoms with Gasteiger partial charge >= 0.3 is 0 Å². The number of rotatable bonds is 2. The van der Waals surface area contributed by atoms with Gasteiger partial charge in [-0.2, -0.15) is 0 Å². The third-order valence-corrected chi connectivity index (χ3v) is 5.01. The van der Waals surface area contributed by atoms with E-state index in [0.717, 1.165) is 29.4 Å². The van der Waals surface area contributed by atoms with Crippen LogP contribution < -0.4 is 0 Å². The van der Waals surface area contributed by atoms with Crippen LogP contribution >= 0.6 is 45.8 Å². The molecule has 2 nitrogen and oxygen atoms in total. The fourth-order valence-corrected chi connectivity index (χ4v) is 3.48. The quantitative estimate of drug-likeness (QED) is 0.515. The monoisotopic (exact) mass is 411 g/mol. The van der Waals surface area contributed by atoms with Crippen molar-refractivity contribution in [2.45, 2.75) is 31.7 Å². The van der Waals surface area contributed by atoms with E-state index in [1.807, 2.05) is 17.0 Å². The molecule has 0 spiro atoms. The van der Waals surface area contributed by atoms with Crippen molar-refractivity contribution in [2.24, 2.45) is 0 Å². The summed E-state index contributed by atoms with van der Waals surface area (Å²) in [6.07, 6.45) is 4.36. The van der Waals surface area contributed by atoms with E-state index in [9.17, 15) is 4.79 Å². The summed E-state index contributed by atoms with van der Waals surface area (Å²) in [6.45, 7) is 0.790. The summed E-state index contributed by atoms with van der Waals surface area (Å²) in [4.78, 5) is 14.6. The topological polar surface area (TPSA) is 20.3 Å². The maximum atomic E-state index is 12.7. The predicted molar refractivity (Wildman–Crippen MR) is 88.2 cm³/mol. The number of alkyl halides is 1. The number of carbonyl (C=O) groups is 1. The minimum absolute atomic E-state index is 0.0550. The Kier molecular flexibility index (Phi) is 5.78. The van der Waals surface area contributed by atoms with Crippen LogP contribution in [0.3, 0.4) is 0 Å². The lowest BCUT2D eigenvalue weighted by molar-refractivity contribution is 0.0699. The summed E-state index contributed by atoms with van der Waals surface area (Å²) >= 11 is 14.2. The zero-order chi connectivity index (χ0) is 13.8. The van der Waals surface area contributed by atoms with E-state index >= 15 is 0 Å². The Balaban J connectivity index is 2.27. The fourth-order valence-electron chi connectivity index (χ4n) is 2.42. The molecule has 0 radical (unpaired) electrons. The van der Waals surface area contributed by atoms with Crippen molar-refractivity contribution in [3.8, 4) is 0 Å². The van der Waals surface area contributed by atoms with Crippen LogP contribution in [0.1, 0.15) is 36.0 Å². The Bertz CT molecular complexity index is 467. The number of benzene rings is 1. The van der Waals surface area contributed by atoms with Crippen molar-refractivity contribution in [2.75, 3.05) is 12.4 Å². The summed E-state index contributed by atoms with van der Waals surface area (Å²) in [5.41, 5.74) is 0.685. The third kappa shape index (κ3) is 3.76. The molecular formula is C14H16Cl2INO. The molecule has 1 unspecified atom stereocenters. The molecule has 1 aliphatic rings. The molecule has 2 rings (SSSR count). The Labute approximate surface area is 137 Å². The molecule has 1 fully saturated rings. The second-order valence-electron chi connectivity index (χ2n) is 4.78. The van der Waals surface area contributed by atoms with E-state index in [1.165, 1.54) is 6.42 Å². The highest BCUT2D eigenvalue weighted by molar-refractivity contribution is 14.1. The van der Waals surface area contributed by atoms with Crippen LogP contribution in [0.15, 0.2) is 18.2 Å². The molecule has 0 bridgehead atoms. The highest BCUT2D eigenvalue weighted by atomic mass is 127. The van der Waals surface area contributed by atoms with Crippen LogP contribution in [-0.4, -0.2) is 29.3 Å². The first-order chi connectivity index (χ1) is 9.13. The highest BCUT2D eigenvalue weighted by Gasteiger charge is 2.26. The van der Waals surface area contributed by atoms with Gasteiger partial charge in [0, 0.05) is 27.1 Å². The van der Waals surface area contributed by atoms with Gasteiger partial charge < -0.3 is 4.90 Å². The Morgan fingerprint density at radius 3 is 2.89 bits per heavy atom. The molecule has 0 N–H and O–H groups in total. The molecular weight excluding hydrogens is 396 g/mol. The van der Waals surface area contributed by atoms with Crippen molar-refractivity contribution < 1.29 is 4.79 Å². The van der Waals surface area contributed by atoms with E-state index in [0.29, 0.717) is 16.5 Å². The first kappa shape index (κ1) is 15.4. The molecule has 1 heterocycles. The third-order valence-electron chi connectivity index (χ3n) is 3.47. The molecule has 1 aliphatic heterocycles. The number of nitrogens with zero attached hydrogens (tertiary/aromatic N) is 1. The highest BCUT2D eigenvalue weighted by Crippen LogP contribution is 2.24. The second kappa shape index (κ2) is 7.14.